The Bertz CT molecular complexity index is 369. The highest BCUT2D eigenvalue weighted by Gasteiger charge is 2.18. The minimum atomic E-state index is -0.314. The molecule has 1 fully saturated rings. The van der Waals surface area contributed by atoms with Crippen LogP contribution in [-0.2, 0) is 9.47 Å². The molecule has 1 saturated heterocycles. The first kappa shape index (κ1) is 12.0. The summed E-state index contributed by atoms with van der Waals surface area (Å²) in [6, 6.07) is 8.93. The molecule has 5 heteroatoms. The standard InChI is InChI=1S/C12H16N2O3/c13-11-8-14(6-7-16-11)9-17-12(15)10-4-2-1-3-5-10/h1-5,11H,6-9,13H2. The van der Waals surface area contributed by atoms with E-state index in [0.29, 0.717) is 18.7 Å². The largest absolute Gasteiger partial charge is 0.446 e. The van der Waals surface area contributed by atoms with E-state index in [9.17, 15) is 4.79 Å². The first-order valence-electron chi connectivity index (χ1n) is 5.57. The Hall–Kier alpha value is -1.43. The summed E-state index contributed by atoms with van der Waals surface area (Å²) in [6.07, 6.45) is -0.292. The van der Waals surface area contributed by atoms with Gasteiger partial charge in [0, 0.05) is 13.1 Å². The average molecular weight is 236 g/mol. The van der Waals surface area contributed by atoms with Crippen LogP contribution in [0.3, 0.4) is 0 Å². The van der Waals surface area contributed by atoms with E-state index in [1.54, 1.807) is 24.3 Å². The van der Waals surface area contributed by atoms with E-state index in [1.807, 2.05) is 11.0 Å². The zero-order valence-electron chi connectivity index (χ0n) is 9.54. The maximum Gasteiger partial charge on any atom is 0.339 e. The number of hydrogen-bond acceptors (Lipinski definition) is 5. The molecule has 0 amide bonds. The zero-order chi connectivity index (χ0) is 12.1. The van der Waals surface area contributed by atoms with Crippen LogP contribution >= 0.6 is 0 Å². The first-order chi connectivity index (χ1) is 8.25. The third kappa shape index (κ3) is 3.52. The Morgan fingerprint density at radius 1 is 1.47 bits per heavy atom. The predicted molar refractivity (Wildman–Crippen MR) is 62.2 cm³/mol. The van der Waals surface area contributed by atoms with Gasteiger partial charge in [0.2, 0.25) is 0 Å². The third-order valence-corrected chi connectivity index (χ3v) is 2.57. The van der Waals surface area contributed by atoms with E-state index in [4.69, 9.17) is 15.2 Å². The van der Waals surface area contributed by atoms with Crippen LogP contribution in [0.4, 0.5) is 0 Å². The summed E-state index contributed by atoms with van der Waals surface area (Å²) in [4.78, 5) is 13.6. The molecule has 0 radical (unpaired) electrons. The quantitative estimate of drug-likeness (QED) is 0.770. The van der Waals surface area contributed by atoms with Gasteiger partial charge in [-0.05, 0) is 12.1 Å². The number of morpholine rings is 1. The second-order valence-electron chi connectivity index (χ2n) is 3.91. The normalized spacial score (nSPS) is 21.1. The lowest BCUT2D eigenvalue weighted by atomic mass is 10.2. The van der Waals surface area contributed by atoms with Crippen molar-refractivity contribution in [3.8, 4) is 0 Å². The fourth-order valence-electron chi connectivity index (χ4n) is 1.66. The predicted octanol–water partition coefficient (Wildman–Crippen LogP) is 0.418. The summed E-state index contributed by atoms with van der Waals surface area (Å²) in [6.45, 7) is 2.15. The number of rotatable bonds is 3. The summed E-state index contributed by atoms with van der Waals surface area (Å²) in [5, 5.41) is 0. The van der Waals surface area contributed by atoms with Crippen LogP contribution < -0.4 is 5.73 Å². The van der Waals surface area contributed by atoms with E-state index in [1.165, 1.54) is 0 Å². The fraction of sp³-hybridized carbons (Fsp3) is 0.417. The molecule has 17 heavy (non-hydrogen) atoms. The van der Waals surface area contributed by atoms with Crippen LogP contribution in [0.2, 0.25) is 0 Å². The molecule has 1 unspecified atom stereocenters. The molecule has 1 aliphatic heterocycles. The highest BCUT2D eigenvalue weighted by Crippen LogP contribution is 2.04. The van der Waals surface area contributed by atoms with Crippen molar-refractivity contribution in [1.29, 1.82) is 0 Å². The first-order valence-corrected chi connectivity index (χ1v) is 5.57. The summed E-state index contributed by atoms with van der Waals surface area (Å²) in [7, 11) is 0. The molecule has 1 aromatic carbocycles. The number of nitrogens with zero attached hydrogens (tertiary/aromatic N) is 1. The number of benzene rings is 1. The maximum absolute atomic E-state index is 11.7. The van der Waals surface area contributed by atoms with Crippen molar-refractivity contribution in [3.63, 3.8) is 0 Å². The van der Waals surface area contributed by atoms with Crippen molar-refractivity contribution in [2.75, 3.05) is 26.4 Å². The van der Waals surface area contributed by atoms with Crippen molar-refractivity contribution >= 4 is 5.97 Å². The van der Waals surface area contributed by atoms with Gasteiger partial charge in [0.1, 0.15) is 13.0 Å². The molecule has 1 atom stereocenters. The lowest BCUT2D eigenvalue weighted by Gasteiger charge is -2.29. The Morgan fingerprint density at radius 2 is 2.24 bits per heavy atom. The van der Waals surface area contributed by atoms with E-state index in [0.717, 1.165) is 6.54 Å². The monoisotopic (exact) mass is 236 g/mol. The Balaban J connectivity index is 1.80. The minimum Gasteiger partial charge on any atom is -0.446 e. The van der Waals surface area contributed by atoms with Crippen LogP contribution in [0, 0.1) is 0 Å². The topological polar surface area (TPSA) is 64.8 Å². The highest BCUT2D eigenvalue weighted by atomic mass is 16.5. The molecule has 0 bridgehead atoms. The number of ether oxygens (including phenoxy) is 2. The molecule has 2 rings (SSSR count). The van der Waals surface area contributed by atoms with Gasteiger partial charge in [-0.1, -0.05) is 18.2 Å². The molecule has 5 nitrogen and oxygen atoms in total. The molecule has 1 aromatic rings. The van der Waals surface area contributed by atoms with Crippen molar-refractivity contribution < 1.29 is 14.3 Å². The zero-order valence-corrected chi connectivity index (χ0v) is 9.54. The molecule has 92 valence electrons. The molecule has 0 spiro atoms. The van der Waals surface area contributed by atoms with E-state index in [2.05, 4.69) is 0 Å². The third-order valence-electron chi connectivity index (χ3n) is 2.57. The van der Waals surface area contributed by atoms with Crippen LogP contribution in [-0.4, -0.2) is 43.5 Å². The van der Waals surface area contributed by atoms with Gasteiger partial charge in [-0.25, -0.2) is 4.79 Å². The molecule has 1 aliphatic rings. The van der Waals surface area contributed by atoms with Crippen LogP contribution in [0.1, 0.15) is 10.4 Å². The van der Waals surface area contributed by atoms with Gasteiger partial charge in [-0.3, -0.25) is 4.90 Å². The Morgan fingerprint density at radius 3 is 2.94 bits per heavy atom. The average Bonchev–Trinajstić information content (AvgIpc) is 2.37. The second-order valence-corrected chi connectivity index (χ2v) is 3.91. The van der Waals surface area contributed by atoms with E-state index in [-0.39, 0.29) is 18.9 Å². The summed E-state index contributed by atoms with van der Waals surface area (Å²) >= 11 is 0. The van der Waals surface area contributed by atoms with Crippen molar-refractivity contribution in [2.24, 2.45) is 5.73 Å². The van der Waals surface area contributed by atoms with Gasteiger partial charge in [-0.2, -0.15) is 0 Å². The maximum atomic E-state index is 11.7. The van der Waals surface area contributed by atoms with Gasteiger partial charge in [0.15, 0.2) is 0 Å². The van der Waals surface area contributed by atoms with Crippen LogP contribution in [0.5, 0.6) is 0 Å². The van der Waals surface area contributed by atoms with Gasteiger partial charge in [-0.15, -0.1) is 0 Å². The second kappa shape index (κ2) is 5.77. The van der Waals surface area contributed by atoms with Crippen LogP contribution in [0.15, 0.2) is 30.3 Å². The van der Waals surface area contributed by atoms with E-state index < -0.39 is 0 Å². The number of esters is 1. The van der Waals surface area contributed by atoms with Crippen molar-refractivity contribution in [1.82, 2.24) is 4.90 Å². The molecular formula is C12H16N2O3. The van der Waals surface area contributed by atoms with Crippen molar-refractivity contribution in [2.45, 2.75) is 6.23 Å². The van der Waals surface area contributed by atoms with Crippen molar-refractivity contribution in [3.05, 3.63) is 35.9 Å². The summed E-state index contributed by atoms with van der Waals surface area (Å²) in [5.41, 5.74) is 6.20. The molecule has 0 saturated carbocycles. The Kier molecular flexibility index (Phi) is 4.08. The number of carbonyl (C=O) groups excluding carboxylic acids is 1. The van der Waals surface area contributed by atoms with Crippen LogP contribution in [0.25, 0.3) is 0 Å². The fourth-order valence-corrected chi connectivity index (χ4v) is 1.66. The minimum absolute atomic E-state index is 0.255. The molecule has 0 aliphatic carbocycles. The Labute approximate surface area is 100 Å². The summed E-state index contributed by atoms with van der Waals surface area (Å²) < 4.78 is 10.4. The summed E-state index contributed by atoms with van der Waals surface area (Å²) in [5.74, 6) is -0.314. The highest BCUT2D eigenvalue weighted by molar-refractivity contribution is 5.89. The van der Waals surface area contributed by atoms with Gasteiger partial charge >= 0.3 is 5.97 Å². The molecule has 0 aromatic heterocycles. The molecular weight excluding hydrogens is 220 g/mol. The van der Waals surface area contributed by atoms with Gasteiger partial charge in [0.25, 0.3) is 0 Å². The number of carbonyl (C=O) groups is 1. The van der Waals surface area contributed by atoms with E-state index >= 15 is 0 Å². The molecule has 1 heterocycles. The lowest BCUT2D eigenvalue weighted by molar-refractivity contribution is -0.0582. The number of nitrogens with two attached hydrogens (primary N) is 1. The smallest absolute Gasteiger partial charge is 0.339 e. The lowest BCUT2D eigenvalue weighted by Crippen LogP contribution is -2.47. The SMILES string of the molecule is NC1CN(COC(=O)c2ccccc2)CCO1. The number of hydrogen-bond donors (Lipinski definition) is 1. The van der Waals surface area contributed by atoms with Gasteiger partial charge < -0.3 is 15.2 Å². The molecule has 2 N–H and O–H groups in total. The van der Waals surface area contributed by atoms with Gasteiger partial charge in [0.05, 0.1) is 12.2 Å².